The fourth-order valence-corrected chi connectivity index (χ4v) is 3.27. The molecule has 2 amide bonds. The van der Waals surface area contributed by atoms with Gasteiger partial charge in [0.1, 0.15) is 6.54 Å². The molecule has 22 heavy (non-hydrogen) atoms. The molecule has 7 heteroatoms. The number of hydrogen-bond donors (Lipinski definition) is 1. The van der Waals surface area contributed by atoms with Gasteiger partial charge >= 0.3 is 0 Å². The standard InChI is InChI=1S/C15H19N3O2S2/c1-3-4-7-18(14(20)12-6-5-8-21-12)10-13(19)17-15-16-9-11(2)22-15/h5-6,8-9H,3-4,7,10H2,1-2H3,(H,16,17,19). The van der Waals surface area contributed by atoms with Crippen LogP contribution in [0.3, 0.4) is 0 Å². The van der Waals surface area contributed by atoms with Crippen molar-refractivity contribution in [1.29, 1.82) is 0 Å². The number of rotatable bonds is 7. The van der Waals surface area contributed by atoms with E-state index in [1.165, 1.54) is 22.7 Å². The Kier molecular flexibility index (Phi) is 6.09. The molecule has 0 fully saturated rings. The molecule has 0 atom stereocenters. The van der Waals surface area contributed by atoms with Gasteiger partial charge in [0.2, 0.25) is 5.91 Å². The summed E-state index contributed by atoms with van der Waals surface area (Å²) in [5.74, 6) is -0.302. The Morgan fingerprint density at radius 2 is 2.23 bits per heavy atom. The Labute approximate surface area is 138 Å². The van der Waals surface area contributed by atoms with Crippen molar-refractivity contribution in [3.63, 3.8) is 0 Å². The second-order valence-electron chi connectivity index (χ2n) is 4.88. The van der Waals surface area contributed by atoms with Crippen LogP contribution in [0.15, 0.2) is 23.7 Å². The van der Waals surface area contributed by atoms with E-state index in [9.17, 15) is 9.59 Å². The highest BCUT2D eigenvalue weighted by molar-refractivity contribution is 7.15. The minimum absolute atomic E-state index is 0.0510. The van der Waals surface area contributed by atoms with Crippen molar-refractivity contribution in [2.45, 2.75) is 26.7 Å². The summed E-state index contributed by atoms with van der Waals surface area (Å²) in [5, 5.41) is 5.18. The molecule has 0 aliphatic rings. The van der Waals surface area contributed by atoms with Gasteiger partial charge in [0, 0.05) is 17.6 Å². The zero-order valence-corrected chi connectivity index (χ0v) is 14.3. The highest BCUT2D eigenvalue weighted by Gasteiger charge is 2.19. The van der Waals surface area contributed by atoms with E-state index in [0.717, 1.165) is 17.7 Å². The molecule has 0 aliphatic heterocycles. The molecule has 118 valence electrons. The number of nitrogens with one attached hydrogen (secondary N) is 1. The minimum Gasteiger partial charge on any atom is -0.329 e. The molecule has 2 aromatic rings. The fraction of sp³-hybridized carbons (Fsp3) is 0.400. The molecule has 0 unspecified atom stereocenters. The number of anilines is 1. The van der Waals surface area contributed by atoms with Crippen molar-refractivity contribution in [3.05, 3.63) is 33.5 Å². The normalized spacial score (nSPS) is 10.5. The average molecular weight is 337 g/mol. The first-order valence-corrected chi connectivity index (χ1v) is 8.85. The van der Waals surface area contributed by atoms with Crippen molar-refractivity contribution < 1.29 is 9.59 Å². The maximum absolute atomic E-state index is 12.4. The lowest BCUT2D eigenvalue weighted by Gasteiger charge is -2.21. The van der Waals surface area contributed by atoms with E-state index < -0.39 is 0 Å². The number of nitrogens with zero attached hydrogens (tertiary/aromatic N) is 2. The first-order valence-electron chi connectivity index (χ1n) is 7.15. The largest absolute Gasteiger partial charge is 0.329 e. The predicted molar refractivity (Wildman–Crippen MR) is 90.6 cm³/mol. The summed E-state index contributed by atoms with van der Waals surface area (Å²) in [6.45, 7) is 4.63. The second-order valence-corrected chi connectivity index (χ2v) is 7.06. The number of thiazole rings is 1. The van der Waals surface area contributed by atoms with Crippen molar-refractivity contribution in [1.82, 2.24) is 9.88 Å². The van der Waals surface area contributed by atoms with Crippen LogP contribution in [0.2, 0.25) is 0 Å². The van der Waals surface area contributed by atoms with Gasteiger partial charge < -0.3 is 10.2 Å². The van der Waals surface area contributed by atoms with E-state index in [-0.39, 0.29) is 18.4 Å². The molecule has 5 nitrogen and oxygen atoms in total. The Morgan fingerprint density at radius 1 is 1.41 bits per heavy atom. The molecule has 1 N–H and O–H groups in total. The Hall–Kier alpha value is -1.73. The fourth-order valence-electron chi connectivity index (χ4n) is 1.90. The van der Waals surface area contributed by atoms with Crippen LogP contribution >= 0.6 is 22.7 Å². The van der Waals surface area contributed by atoms with Crippen molar-refractivity contribution >= 4 is 39.6 Å². The van der Waals surface area contributed by atoms with Gasteiger partial charge in [-0.3, -0.25) is 9.59 Å². The zero-order valence-electron chi connectivity index (χ0n) is 12.7. The molecule has 0 radical (unpaired) electrons. The van der Waals surface area contributed by atoms with Crippen LogP contribution in [0, 0.1) is 6.92 Å². The molecular weight excluding hydrogens is 318 g/mol. The Morgan fingerprint density at radius 3 is 2.82 bits per heavy atom. The summed E-state index contributed by atoms with van der Waals surface area (Å²) in [4.78, 5) is 32.0. The maximum Gasteiger partial charge on any atom is 0.264 e. The molecule has 0 saturated heterocycles. The van der Waals surface area contributed by atoms with Crippen LogP contribution in [0.1, 0.15) is 34.3 Å². The molecule has 0 aliphatic carbocycles. The van der Waals surface area contributed by atoms with Gasteiger partial charge in [0.15, 0.2) is 5.13 Å². The van der Waals surface area contributed by atoms with E-state index in [4.69, 9.17) is 0 Å². The molecule has 0 spiro atoms. The summed E-state index contributed by atoms with van der Waals surface area (Å²) in [7, 11) is 0. The summed E-state index contributed by atoms with van der Waals surface area (Å²) in [6, 6.07) is 3.63. The lowest BCUT2D eigenvalue weighted by Crippen LogP contribution is -2.38. The van der Waals surface area contributed by atoms with Gasteiger partial charge in [-0.05, 0) is 24.8 Å². The van der Waals surface area contributed by atoms with Crippen LogP contribution in [-0.4, -0.2) is 34.8 Å². The maximum atomic E-state index is 12.4. The number of aryl methyl sites for hydroxylation is 1. The van der Waals surface area contributed by atoms with E-state index in [2.05, 4.69) is 17.2 Å². The van der Waals surface area contributed by atoms with E-state index in [1.54, 1.807) is 17.2 Å². The average Bonchev–Trinajstić information content (AvgIpc) is 3.14. The van der Waals surface area contributed by atoms with Crippen molar-refractivity contribution in [3.8, 4) is 0 Å². The van der Waals surface area contributed by atoms with Gasteiger partial charge in [-0.15, -0.1) is 22.7 Å². The van der Waals surface area contributed by atoms with Gasteiger partial charge in [0.25, 0.3) is 5.91 Å². The van der Waals surface area contributed by atoms with Gasteiger partial charge in [-0.1, -0.05) is 19.4 Å². The number of carbonyl (C=O) groups excluding carboxylic acids is 2. The predicted octanol–water partition coefficient (Wildman–Crippen LogP) is 3.39. The zero-order chi connectivity index (χ0) is 15.9. The topological polar surface area (TPSA) is 62.3 Å². The van der Waals surface area contributed by atoms with Crippen LogP contribution in [-0.2, 0) is 4.79 Å². The molecule has 2 heterocycles. The number of unbranched alkanes of at least 4 members (excludes halogenated alkanes) is 1. The number of aromatic nitrogens is 1. The Bertz CT molecular complexity index is 623. The third-order valence-electron chi connectivity index (χ3n) is 3.00. The van der Waals surface area contributed by atoms with Gasteiger partial charge in [0.05, 0.1) is 4.88 Å². The summed E-state index contributed by atoms with van der Waals surface area (Å²) < 4.78 is 0. The monoisotopic (exact) mass is 337 g/mol. The lowest BCUT2D eigenvalue weighted by atomic mass is 10.3. The molecular formula is C15H19N3O2S2. The smallest absolute Gasteiger partial charge is 0.264 e. The number of carbonyl (C=O) groups is 2. The highest BCUT2D eigenvalue weighted by Crippen LogP contribution is 2.17. The summed E-state index contributed by atoms with van der Waals surface area (Å²) >= 11 is 2.82. The first-order chi connectivity index (χ1) is 10.6. The summed E-state index contributed by atoms with van der Waals surface area (Å²) in [5.41, 5.74) is 0. The molecule has 2 rings (SSSR count). The van der Waals surface area contributed by atoms with Crippen molar-refractivity contribution in [2.75, 3.05) is 18.4 Å². The number of hydrogen-bond acceptors (Lipinski definition) is 5. The minimum atomic E-state index is -0.213. The lowest BCUT2D eigenvalue weighted by molar-refractivity contribution is -0.116. The summed E-state index contributed by atoms with van der Waals surface area (Å²) in [6.07, 6.45) is 3.56. The molecule has 0 aromatic carbocycles. The van der Waals surface area contributed by atoms with Crippen LogP contribution < -0.4 is 5.32 Å². The third kappa shape index (κ3) is 4.64. The quantitative estimate of drug-likeness (QED) is 0.842. The second kappa shape index (κ2) is 8.05. The highest BCUT2D eigenvalue weighted by atomic mass is 32.1. The Balaban J connectivity index is 1.99. The van der Waals surface area contributed by atoms with E-state index in [1.807, 2.05) is 18.4 Å². The van der Waals surface area contributed by atoms with E-state index in [0.29, 0.717) is 16.6 Å². The number of amides is 2. The number of thiophene rings is 1. The van der Waals surface area contributed by atoms with Crippen LogP contribution in [0.5, 0.6) is 0 Å². The first kappa shape index (κ1) is 16.6. The van der Waals surface area contributed by atoms with Gasteiger partial charge in [-0.2, -0.15) is 0 Å². The SMILES string of the molecule is CCCCN(CC(=O)Nc1ncc(C)s1)C(=O)c1cccs1. The van der Waals surface area contributed by atoms with Crippen LogP contribution in [0.25, 0.3) is 0 Å². The molecule has 0 bridgehead atoms. The molecule has 2 aromatic heterocycles. The third-order valence-corrected chi connectivity index (χ3v) is 4.69. The molecule has 0 saturated carbocycles. The van der Waals surface area contributed by atoms with Gasteiger partial charge in [-0.25, -0.2) is 4.98 Å². The van der Waals surface area contributed by atoms with E-state index >= 15 is 0 Å². The van der Waals surface area contributed by atoms with Crippen molar-refractivity contribution in [2.24, 2.45) is 0 Å². The van der Waals surface area contributed by atoms with Crippen LogP contribution in [0.4, 0.5) is 5.13 Å².